The third-order valence-electron chi connectivity index (χ3n) is 3.58. The van der Waals surface area contributed by atoms with Crippen LogP contribution in [0.15, 0.2) is 24.3 Å². The van der Waals surface area contributed by atoms with Crippen LogP contribution in [0.4, 0.5) is 0 Å². The minimum absolute atomic E-state index is 0.0802. The van der Waals surface area contributed by atoms with E-state index in [0.29, 0.717) is 32.4 Å². The Morgan fingerprint density at radius 2 is 1.81 bits per heavy atom. The van der Waals surface area contributed by atoms with Crippen molar-refractivity contribution in [3.63, 3.8) is 0 Å². The number of aryl methyl sites for hydroxylation is 1. The van der Waals surface area contributed by atoms with Crippen LogP contribution >= 0.6 is 0 Å². The van der Waals surface area contributed by atoms with Crippen LogP contribution < -0.4 is 0 Å². The van der Waals surface area contributed by atoms with Crippen molar-refractivity contribution in [2.45, 2.75) is 32.3 Å². The average molecular weight is 311 g/mol. The lowest BCUT2D eigenvalue weighted by atomic mass is 10.1. The zero-order valence-electron chi connectivity index (χ0n) is 12.4. The molecule has 0 atom stereocenters. The third kappa shape index (κ3) is 5.13. The Kier molecular flexibility index (Phi) is 5.00. The summed E-state index contributed by atoms with van der Waals surface area (Å²) in [6.07, 6.45) is 2.27. The molecule has 1 aromatic carbocycles. The molecule has 0 bridgehead atoms. The monoisotopic (exact) mass is 311 g/mol. The van der Waals surface area contributed by atoms with Gasteiger partial charge in [-0.25, -0.2) is 0 Å². The SMILES string of the molecule is Cc1ccc(CC(=O)N2CCC(OS(C)(=O)=O)CC2)cc1. The number of hydrogen-bond acceptors (Lipinski definition) is 4. The van der Waals surface area contributed by atoms with Gasteiger partial charge in [0.15, 0.2) is 0 Å². The van der Waals surface area contributed by atoms with E-state index in [4.69, 9.17) is 4.18 Å². The summed E-state index contributed by atoms with van der Waals surface area (Å²) in [7, 11) is -3.42. The predicted molar refractivity (Wildman–Crippen MR) is 80.4 cm³/mol. The summed E-state index contributed by atoms with van der Waals surface area (Å²) >= 11 is 0. The lowest BCUT2D eigenvalue weighted by Crippen LogP contribution is -2.42. The Morgan fingerprint density at radius 3 is 2.33 bits per heavy atom. The van der Waals surface area contributed by atoms with E-state index in [2.05, 4.69) is 0 Å². The van der Waals surface area contributed by atoms with Crippen molar-refractivity contribution in [2.75, 3.05) is 19.3 Å². The Balaban J connectivity index is 1.84. The fourth-order valence-electron chi connectivity index (χ4n) is 2.44. The van der Waals surface area contributed by atoms with Crippen LogP contribution in [-0.2, 0) is 25.5 Å². The van der Waals surface area contributed by atoms with Crippen LogP contribution in [0.1, 0.15) is 24.0 Å². The van der Waals surface area contributed by atoms with Gasteiger partial charge in [0.25, 0.3) is 10.1 Å². The van der Waals surface area contributed by atoms with Crippen molar-refractivity contribution in [2.24, 2.45) is 0 Å². The Morgan fingerprint density at radius 1 is 1.24 bits per heavy atom. The predicted octanol–water partition coefficient (Wildman–Crippen LogP) is 1.50. The maximum Gasteiger partial charge on any atom is 0.264 e. The number of carbonyl (C=O) groups excluding carboxylic acids is 1. The molecule has 1 saturated heterocycles. The molecule has 0 spiro atoms. The standard InChI is InChI=1S/C15H21NO4S/c1-12-3-5-13(6-4-12)11-15(17)16-9-7-14(8-10-16)20-21(2,18)19/h3-6,14H,7-11H2,1-2H3. The highest BCUT2D eigenvalue weighted by Gasteiger charge is 2.25. The van der Waals surface area contributed by atoms with Gasteiger partial charge in [0.05, 0.1) is 18.8 Å². The molecule has 116 valence electrons. The summed E-state index contributed by atoms with van der Waals surface area (Å²) in [5.41, 5.74) is 2.17. The second-order valence-electron chi connectivity index (χ2n) is 5.54. The number of hydrogen-bond donors (Lipinski definition) is 0. The van der Waals surface area contributed by atoms with E-state index in [9.17, 15) is 13.2 Å². The van der Waals surface area contributed by atoms with Gasteiger partial charge in [-0.1, -0.05) is 29.8 Å². The molecule has 2 rings (SSSR count). The van der Waals surface area contributed by atoms with Gasteiger partial charge in [-0.15, -0.1) is 0 Å². The van der Waals surface area contributed by atoms with Crippen molar-refractivity contribution in [1.29, 1.82) is 0 Å². The molecule has 1 aliphatic rings. The number of amides is 1. The zero-order valence-corrected chi connectivity index (χ0v) is 13.2. The van der Waals surface area contributed by atoms with E-state index < -0.39 is 10.1 Å². The van der Waals surface area contributed by atoms with Crippen LogP contribution in [0, 0.1) is 6.92 Å². The van der Waals surface area contributed by atoms with E-state index in [1.54, 1.807) is 4.90 Å². The maximum atomic E-state index is 12.2. The van der Waals surface area contributed by atoms with Gasteiger partial charge in [-0.2, -0.15) is 8.42 Å². The largest absolute Gasteiger partial charge is 0.342 e. The molecular weight excluding hydrogens is 290 g/mol. The maximum absolute atomic E-state index is 12.2. The van der Waals surface area contributed by atoms with Crippen molar-refractivity contribution >= 4 is 16.0 Å². The van der Waals surface area contributed by atoms with Gasteiger partial charge in [-0.05, 0) is 25.3 Å². The number of likely N-dealkylation sites (tertiary alicyclic amines) is 1. The summed E-state index contributed by atoms with van der Waals surface area (Å²) in [5, 5.41) is 0. The molecule has 1 amide bonds. The van der Waals surface area contributed by atoms with Crippen LogP contribution in [0.5, 0.6) is 0 Å². The molecular formula is C15H21NO4S. The fraction of sp³-hybridized carbons (Fsp3) is 0.533. The molecule has 0 radical (unpaired) electrons. The minimum Gasteiger partial charge on any atom is -0.342 e. The van der Waals surface area contributed by atoms with Gasteiger partial charge >= 0.3 is 0 Å². The van der Waals surface area contributed by atoms with Gasteiger partial charge in [-0.3, -0.25) is 8.98 Å². The topological polar surface area (TPSA) is 63.7 Å². The second-order valence-corrected chi connectivity index (χ2v) is 7.14. The van der Waals surface area contributed by atoms with Crippen molar-refractivity contribution in [3.8, 4) is 0 Å². The molecule has 1 aromatic rings. The van der Waals surface area contributed by atoms with E-state index in [-0.39, 0.29) is 12.0 Å². The van der Waals surface area contributed by atoms with Gasteiger partial charge in [0, 0.05) is 13.1 Å². The third-order valence-corrected chi connectivity index (χ3v) is 4.20. The number of benzene rings is 1. The molecule has 0 aliphatic carbocycles. The van der Waals surface area contributed by atoms with Crippen molar-refractivity contribution in [1.82, 2.24) is 4.90 Å². The van der Waals surface area contributed by atoms with Gasteiger partial charge < -0.3 is 4.90 Å². The second kappa shape index (κ2) is 6.58. The quantitative estimate of drug-likeness (QED) is 0.791. The first-order valence-electron chi connectivity index (χ1n) is 7.05. The first kappa shape index (κ1) is 16.0. The van der Waals surface area contributed by atoms with Crippen LogP contribution in [0.25, 0.3) is 0 Å². The molecule has 0 saturated carbocycles. The van der Waals surface area contributed by atoms with Gasteiger partial charge in [0.1, 0.15) is 0 Å². The summed E-state index contributed by atoms with van der Waals surface area (Å²) in [6.45, 7) is 3.11. The number of rotatable bonds is 4. The first-order valence-corrected chi connectivity index (χ1v) is 8.87. The molecule has 6 heteroatoms. The van der Waals surface area contributed by atoms with Gasteiger partial charge in [0.2, 0.25) is 5.91 Å². The Hall–Kier alpha value is -1.40. The molecule has 21 heavy (non-hydrogen) atoms. The summed E-state index contributed by atoms with van der Waals surface area (Å²) < 4.78 is 27.1. The number of nitrogens with zero attached hydrogens (tertiary/aromatic N) is 1. The molecule has 0 N–H and O–H groups in total. The number of carbonyl (C=O) groups is 1. The molecule has 1 aliphatic heterocycles. The lowest BCUT2D eigenvalue weighted by molar-refractivity contribution is -0.132. The highest BCUT2D eigenvalue weighted by molar-refractivity contribution is 7.86. The molecule has 1 heterocycles. The van der Waals surface area contributed by atoms with Crippen molar-refractivity contribution in [3.05, 3.63) is 35.4 Å². The molecule has 5 nitrogen and oxygen atoms in total. The van der Waals surface area contributed by atoms with E-state index in [1.165, 1.54) is 5.56 Å². The number of piperidine rings is 1. The van der Waals surface area contributed by atoms with Crippen molar-refractivity contribution < 1.29 is 17.4 Å². The lowest BCUT2D eigenvalue weighted by Gasteiger charge is -2.31. The first-order chi connectivity index (χ1) is 9.83. The normalized spacial score (nSPS) is 17.0. The molecule has 1 fully saturated rings. The molecule has 0 aromatic heterocycles. The highest BCUT2D eigenvalue weighted by atomic mass is 32.2. The summed E-state index contributed by atoms with van der Waals surface area (Å²) in [6, 6.07) is 7.92. The van der Waals surface area contributed by atoms with E-state index >= 15 is 0 Å². The zero-order chi connectivity index (χ0) is 15.5. The average Bonchev–Trinajstić information content (AvgIpc) is 2.40. The summed E-state index contributed by atoms with van der Waals surface area (Å²) in [4.78, 5) is 14.0. The van der Waals surface area contributed by atoms with Crippen LogP contribution in [-0.4, -0.2) is 44.7 Å². The van der Waals surface area contributed by atoms with Crippen LogP contribution in [0.2, 0.25) is 0 Å². The summed E-state index contributed by atoms with van der Waals surface area (Å²) in [5.74, 6) is 0.0802. The van der Waals surface area contributed by atoms with E-state index in [0.717, 1.165) is 11.8 Å². The Labute approximate surface area is 126 Å². The molecule has 0 unspecified atom stereocenters. The minimum atomic E-state index is -3.42. The highest BCUT2D eigenvalue weighted by Crippen LogP contribution is 2.16. The van der Waals surface area contributed by atoms with E-state index in [1.807, 2.05) is 31.2 Å². The Bertz CT molecular complexity index is 587. The van der Waals surface area contributed by atoms with Crippen LogP contribution in [0.3, 0.4) is 0 Å². The fourth-order valence-corrected chi connectivity index (χ4v) is 3.13. The smallest absolute Gasteiger partial charge is 0.264 e.